The molecule has 0 unspecified atom stereocenters. The Morgan fingerprint density at radius 2 is 2.05 bits per heavy atom. The molecule has 6 heteroatoms. The Morgan fingerprint density at radius 3 is 2.84 bits per heavy atom. The Kier molecular flexibility index (Phi) is 3.31. The average molecular weight is 311 g/mol. The van der Waals surface area contributed by atoms with Crippen LogP contribution in [-0.2, 0) is 6.54 Å². The third kappa shape index (κ3) is 2.39. The van der Waals surface area contributed by atoms with E-state index in [2.05, 4.69) is 4.98 Å². The van der Waals surface area contributed by atoms with Gasteiger partial charge in [-0.05, 0) is 23.6 Å². The van der Waals surface area contributed by atoms with E-state index >= 15 is 0 Å². The Hall–Kier alpha value is -1.36. The molecular formula is C13H8Cl2N2OS. The van der Waals surface area contributed by atoms with Gasteiger partial charge in [0.15, 0.2) is 0 Å². The summed E-state index contributed by atoms with van der Waals surface area (Å²) in [6.07, 6.45) is 1.77. The van der Waals surface area contributed by atoms with Gasteiger partial charge >= 0.3 is 0 Å². The lowest BCUT2D eigenvalue weighted by Crippen LogP contribution is -2.19. The lowest BCUT2D eigenvalue weighted by Gasteiger charge is -2.07. The number of pyridine rings is 2. The molecule has 0 aliphatic carbocycles. The maximum atomic E-state index is 12.3. The fourth-order valence-corrected chi connectivity index (χ4v) is 3.05. The van der Waals surface area contributed by atoms with Crippen LogP contribution in [0.5, 0.6) is 0 Å². The van der Waals surface area contributed by atoms with E-state index in [9.17, 15) is 4.79 Å². The SMILES string of the molecule is O=c1c2ccsc2ccn1Cc1ccc(Cl)nc1Cl. The monoisotopic (exact) mass is 310 g/mol. The molecule has 0 saturated heterocycles. The minimum absolute atomic E-state index is 0.0234. The molecule has 0 aliphatic rings. The molecule has 0 atom stereocenters. The van der Waals surface area contributed by atoms with Crippen LogP contribution in [0, 0.1) is 0 Å². The van der Waals surface area contributed by atoms with Crippen molar-refractivity contribution in [2.45, 2.75) is 6.54 Å². The zero-order valence-electron chi connectivity index (χ0n) is 9.64. The summed E-state index contributed by atoms with van der Waals surface area (Å²) in [7, 11) is 0. The minimum atomic E-state index is -0.0234. The molecule has 0 amide bonds. The highest BCUT2D eigenvalue weighted by molar-refractivity contribution is 7.17. The van der Waals surface area contributed by atoms with Crippen molar-refractivity contribution in [3.63, 3.8) is 0 Å². The maximum absolute atomic E-state index is 12.3. The second kappa shape index (κ2) is 4.96. The molecule has 3 aromatic heterocycles. The van der Waals surface area contributed by atoms with Gasteiger partial charge in [-0.25, -0.2) is 4.98 Å². The van der Waals surface area contributed by atoms with Gasteiger partial charge in [0.2, 0.25) is 0 Å². The molecule has 96 valence electrons. The van der Waals surface area contributed by atoms with Crippen molar-refractivity contribution in [3.8, 4) is 0 Å². The Balaban J connectivity index is 2.05. The van der Waals surface area contributed by atoms with Gasteiger partial charge < -0.3 is 4.57 Å². The molecule has 3 aromatic rings. The normalized spacial score (nSPS) is 11.1. The van der Waals surface area contributed by atoms with Crippen LogP contribution in [0.3, 0.4) is 0 Å². The summed E-state index contributed by atoms with van der Waals surface area (Å²) in [6.45, 7) is 0.383. The molecular weight excluding hydrogens is 303 g/mol. The van der Waals surface area contributed by atoms with Crippen molar-refractivity contribution >= 4 is 44.6 Å². The number of fused-ring (bicyclic) bond motifs is 1. The Labute approximate surface area is 123 Å². The van der Waals surface area contributed by atoms with Gasteiger partial charge in [-0.15, -0.1) is 11.3 Å². The molecule has 0 spiro atoms. The predicted molar refractivity (Wildman–Crippen MR) is 79.4 cm³/mol. The number of halogens is 2. The van der Waals surface area contributed by atoms with Crippen molar-refractivity contribution < 1.29 is 0 Å². The smallest absolute Gasteiger partial charge is 0.259 e. The molecule has 0 bridgehead atoms. The Bertz CT molecular complexity index is 810. The fourth-order valence-electron chi connectivity index (χ4n) is 1.87. The molecule has 0 radical (unpaired) electrons. The number of hydrogen-bond donors (Lipinski definition) is 0. The minimum Gasteiger partial charge on any atom is -0.310 e. The molecule has 3 nitrogen and oxygen atoms in total. The van der Waals surface area contributed by atoms with E-state index in [-0.39, 0.29) is 5.56 Å². The summed E-state index contributed by atoms with van der Waals surface area (Å²) >= 11 is 13.3. The molecule has 0 aliphatic heterocycles. The van der Waals surface area contributed by atoms with E-state index in [0.717, 1.165) is 15.6 Å². The summed E-state index contributed by atoms with van der Waals surface area (Å²) in [6, 6.07) is 7.21. The highest BCUT2D eigenvalue weighted by Crippen LogP contribution is 2.19. The van der Waals surface area contributed by atoms with E-state index in [1.165, 1.54) is 0 Å². The molecule has 0 fully saturated rings. The number of aromatic nitrogens is 2. The second-order valence-electron chi connectivity index (χ2n) is 4.03. The average Bonchev–Trinajstić information content (AvgIpc) is 2.85. The highest BCUT2D eigenvalue weighted by Gasteiger charge is 2.07. The molecule has 3 rings (SSSR count). The Morgan fingerprint density at radius 1 is 1.21 bits per heavy atom. The predicted octanol–water partition coefficient (Wildman–Crippen LogP) is 3.81. The van der Waals surface area contributed by atoms with Gasteiger partial charge in [0, 0.05) is 16.5 Å². The van der Waals surface area contributed by atoms with Crippen molar-refractivity contribution in [2.75, 3.05) is 0 Å². The maximum Gasteiger partial charge on any atom is 0.259 e. The van der Waals surface area contributed by atoms with E-state index in [1.54, 1.807) is 34.2 Å². The molecule has 19 heavy (non-hydrogen) atoms. The molecule has 0 N–H and O–H groups in total. The van der Waals surface area contributed by atoms with Crippen LogP contribution in [0.4, 0.5) is 0 Å². The number of hydrogen-bond acceptors (Lipinski definition) is 3. The van der Waals surface area contributed by atoms with Crippen LogP contribution >= 0.6 is 34.5 Å². The first-order valence-corrected chi connectivity index (χ1v) is 7.16. The first-order chi connectivity index (χ1) is 9.15. The lowest BCUT2D eigenvalue weighted by molar-refractivity contribution is 0.765. The first-order valence-electron chi connectivity index (χ1n) is 5.53. The van der Waals surface area contributed by atoms with E-state index in [0.29, 0.717) is 16.9 Å². The van der Waals surface area contributed by atoms with Crippen molar-refractivity contribution in [3.05, 3.63) is 62.1 Å². The zero-order chi connectivity index (χ0) is 13.4. The van der Waals surface area contributed by atoms with Gasteiger partial charge in [0.1, 0.15) is 10.3 Å². The van der Waals surface area contributed by atoms with E-state index < -0.39 is 0 Å². The molecule has 0 saturated carbocycles. The quantitative estimate of drug-likeness (QED) is 0.675. The largest absolute Gasteiger partial charge is 0.310 e. The third-order valence-electron chi connectivity index (χ3n) is 2.82. The van der Waals surface area contributed by atoms with Gasteiger partial charge in [-0.1, -0.05) is 29.3 Å². The number of rotatable bonds is 2. The standard InChI is InChI=1S/C13H8Cl2N2OS/c14-11-2-1-8(12(15)16-11)7-17-5-3-10-9(13(17)18)4-6-19-10/h1-6H,7H2. The van der Waals surface area contributed by atoms with Gasteiger partial charge in [-0.3, -0.25) is 4.79 Å². The van der Waals surface area contributed by atoms with Crippen LogP contribution in [0.15, 0.2) is 40.6 Å². The molecule has 0 aromatic carbocycles. The fraction of sp³-hybridized carbons (Fsp3) is 0.0769. The number of thiophene rings is 1. The van der Waals surface area contributed by atoms with Gasteiger partial charge in [0.05, 0.1) is 11.9 Å². The van der Waals surface area contributed by atoms with Crippen molar-refractivity contribution in [1.29, 1.82) is 0 Å². The van der Waals surface area contributed by atoms with Crippen LogP contribution < -0.4 is 5.56 Å². The third-order valence-corrected chi connectivity index (χ3v) is 4.24. The van der Waals surface area contributed by atoms with Crippen LogP contribution in [0.1, 0.15) is 5.56 Å². The summed E-state index contributed by atoms with van der Waals surface area (Å²) in [5.74, 6) is 0. The lowest BCUT2D eigenvalue weighted by atomic mass is 10.2. The molecule has 3 heterocycles. The summed E-state index contributed by atoms with van der Waals surface area (Å²) in [4.78, 5) is 16.2. The van der Waals surface area contributed by atoms with Crippen molar-refractivity contribution in [1.82, 2.24) is 9.55 Å². The zero-order valence-corrected chi connectivity index (χ0v) is 12.0. The van der Waals surface area contributed by atoms with Gasteiger partial charge in [-0.2, -0.15) is 0 Å². The van der Waals surface area contributed by atoms with Gasteiger partial charge in [0.25, 0.3) is 5.56 Å². The second-order valence-corrected chi connectivity index (χ2v) is 5.72. The first kappa shape index (κ1) is 12.7. The van der Waals surface area contributed by atoms with Crippen LogP contribution in [0.25, 0.3) is 10.1 Å². The van der Waals surface area contributed by atoms with Crippen LogP contribution in [-0.4, -0.2) is 9.55 Å². The van der Waals surface area contributed by atoms with E-state index in [4.69, 9.17) is 23.2 Å². The summed E-state index contributed by atoms with van der Waals surface area (Å²) in [5, 5.41) is 3.30. The highest BCUT2D eigenvalue weighted by atomic mass is 35.5. The van der Waals surface area contributed by atoms with Crippen molar-refractivity contribution in [2.24, 2.45) is 0 Å². The van der Waals surface area contributed by atoms with E-state index in [1.807, 2.05) is 17.5 Å². The van der Waals surface area contributed by atoms with Crippen LogP contribution in [0.2, 0.25) is 10.3 Å². The topological polar surface area (TPSA) is 34.9 Å². The summed E-state index contributed by atoms with van der Waals surface area (Å²) < 4.78 is 2.60. The number of nitrogens with zero attached hydrogens (tertiary/aromatic N) is 2. The summed E-state index contributed by atoms with van der Waals surface area (Å²) in [5.41, 5.74) is 0.743.